The van der Waals surface area contributed by atoms with Crippen molar-refractivity contribution in [2.24, 2.45) is 0 Å². The Morgan fingerprint density at radius 1 is 0.821 bits per heavy atom. The van der Waals surface area contributed by atoms with E-state index in [0.717, 1.165) is 10.0 Å². The van der Waals surface area contributed by atoms with E-state index in [1.54, 1.807) is 60.7 Å². The molecule has 3 aromatic carbocycles. The van der Waals surface area contributed by atoms with Gasteiger partial charge in [-0.05, 0) is 54.1 Å². The summed E-state index contributed by atoms with van der Waals surface area (Å²) in [7, 11) is 0. The van der Waals surface area contributed by atoms with Crippen molar-refractivity contribution in [2.45, 2.75) is 6.54 Å². The SMILES string of the molecule is O=C(Nc1ccc(Br)cc1)c1ccc(CN2C(=O)c3ccccc3C2=O)cc1. The Labute approximate surface area is 170 Å². The van der Waals surface area contributed by atoms with E-state index in [1.807, 2.05) is 12.1 Å². The fourth-order valence-corrected chi connectivity index (χ4v) is 3.33. The second kappa shape index (κ2) is 7.40. The highest BCUT2D eigenvalue weighted by molar-refractivity contribution is 9.10. The van der Waals surface area contributed by atoms with Gasteiger partial charge < -0.3 is 5.32 Å². The molecule has 0 aliphatic carbocycles. The fraction of sp³-hybridized carbons (Fsp3) is 0.0455. The molecular weight excluding hydrogens is 420 g/mol. The number of benzene rings is 3. The van der Waals surface area contributed by atoms with Gasteiger partial charge in [0.1, 0.15) is 0 Å². The molecule has 0 fully saturated rings. The number of halogens is 1. The van der Waals surface area contributed by atoms with Gasteiger partial charge >= 0.3 is 0 Å². The topological polar surface area (TPSA) is 66.5 Å². The molecule has 6 heteroatoms. The molecule has 0 bridgehead atoms. The van der Waals surface area contributed by atoms with Crippen LogP contribution in [0.5, 0.6) is 0 Å². The van der Waals surface area contributed by atoms with Gasteiger partial charge in [0.25, 0.3) is 17.7 Å². The monoisotopic (exact) mass is 434 g/mol. The van der Waals surface area contributed by atoms with Gasteiger partial charge in [0.2, 0.25) is 0 Å². The maximum atomic E-state index is 12.5. The van der Waals surface area contributed by atoms with Crippen LogP contribution in [0.2, 0.25) is 0 Å². The van der Waals surface area contributed by atoms with E-state index in [2.05, 4.69) is 21.2 Å². The first-order chi connectivity index (χ1) is 13.5. The third-order valence-corrected chi connectivity index (χ3v) is 5.07. The van der Waals surface area contributed by atoms with E-state index in [0.29, 0.717) is 22.4 Å². The van der Waals surface area contributed by atoms with Crippen LogP contribution in [0.15, 0.2) is 77.3 Å². The lowest BCUT2D eigenvalue weighted by Crippen LogP contribution is -2.29. The Morgan fingerprint density at radius 2 is 1.39 bits per heavy atom. The van der Waals surface area contributed by atoms with E-state index in [1.165, 1.54) is 4.90 Å². The van der Waals surface area contributed by atoms with Crippen molar-refractivity contribution in [3.63, 3.8) is 0 Å². The fourth-order valence-electron chi connectivity index (χ4n) is 3.06. The van der Waals surface area contributed by atoms with E-state index >= 15 is 0 Å². The molecule has 3 amide bonds. The van der Waals surface area contributed by atoms with Crippen molar-refractivity contribution in [3.8, 4) is 0 Å². The average molecular weight is 435 g/mol. The van der Waals surface area contributed by atoms with E-state index < -0.39 is 0 Å². The summed E-state index contributed by atoms with van der Waals surface area (Å²) in [4.78, 5) is 38.5. The first-order valence-electron chi connectivity index (χ1n) is 8.64. The molecule has 3 aromatic rings. The van der Waals surface area contributed by atoms with Crippen LogP contribution in [0.3, 0.4) is 0 Å². The lowest BCUT2D eigenvalue weighted by molar-refractivity contribution is 0.0642. The predicted octanol–water partition coefficient (Wildman–Crippen LogP) is 4.50. The van der Waals surface area contributed by atoms with Crippen LogP contribution >= 0.6 is 15.9 Å². The van der Waals surface area contributed by atoms with E-state index in [-0.39, 0.29) is 24.3 Å². The second-order valence-electron chi connectivity index (χ2n) is 6.40. The molecule has 1 aliphatic heterocycles. The molecule has 0 saturated carbocycles. The standard InChI is InChI=1S/C22H15BrN2O3/c23-16-9-11-17(12-10-16)24-20(26)15-7-5-14(6-8-15)13-25-21(27)18-3-1-2-4-19(18)22(25)28/h1-12H,13H2,(H,24,26). The summed E-state index contributed by atoms with van der Waals surface area (Å²) in [6, 6.07) is 21.0. The zero-order valence-corrected chi connectivity index (χ0v) is 16.3. The lowest BCUT2D eigenvalue weighted by atomic mass is 10.1. The van der Waals surface area contributed by atoms with Gasteiger partial charge in [0.15, 0.2) is 0 Å². The van der Waals surface area contributed by atoms with Crippen LogP contribution in [0.25, 0.3) is 0 Å². The minimum absolute atomic E-state index is 0.168. The largest absolute Gasteiger partial charge is 0.322 e. The molecule has 0 spiro atoms. The molecule has 28 heavy (non-hydrogen) atoms. The van der Waals surface area contributed by atoms with Crippen LogP contribution in [0, 0.1) is 0 Å². The molecule has 0 unspecified atom stereocenters. The number of rotatable bonds is 4. The maximum absolute atomic E-state index is 12.5. The summed E-state index contributed by atoms with van der Waals surface area (Å²) in [6.07, 6.45) is 0. The quantitative estimate of drug-likeness (QED) is 0.614. The van der Waals surface area contributed by atoms with Crippen molar-refractivity contribution in [2.75, 3.05) is 5.32 Å². The van der Waals surface area contributed by atoms with Crippen molar-refractivity contribution >= 4 is 39.3 Å². The van der Waals surface area contributed by atoms with Crippen LogP contribution in [-0.2, 0) is 6.54 Å². The summed E-state index contributed by atoms with van der Waals surface area (Å²) < 4.78 is 0.933. The third-order valence-electron chi connectivity index (χ3n) is 4.54. The highest BCUT2D eigenvalue weighted by Crippen LogP contribution is 2.24. The van der Waals surface area contributed by atoms with Gasteiger partial charge in [-0.1, -0.05) is 40.2 Å². The minimum Gasteiger partial charge on any atom is -0.322 e. The number of imide groups is 1. The second-order valence-corrected chi connectivity index (χ2v) is 7.32. The van der Waals surface area contributed by atoms with Gasteiger partial charge in [0, 0.05) is 15.7 Å². The summed E-state index contributed by atoms with van der Waals surface area (Å²) in [6.45, 7) is 0.168. The number of amides is 3. The number of hydrogen-bond acceptors (Lipinski definition) is 3. The number of anilines is 1. The molecule has 5 nitrogen and oxygen atoms in total. The number of nitrogens with one attached hydrogen (secondary N) is 1. The summed E-state index contributed by atoms with van der Waals surface area (Å²) in [5, 5.41) is 2.83. The Kier molecular flexibility index (Phi) is 4.79. The summed E-state index contributed by atoms with van der Waals surface area (Å²) in [5.74, 6) is -0.815. The number of carbonyl (C=O) groups excluding carboxylic acids is 3. The van der Waals surface area contributed by atoms with Crippen LogP contribution in [-0.4, -0.2) is 22.6 Å². The molecule has 0 atom stereocenters. The molecule has 0 aromatic heterocycles. The molecule has 1 aliphatic rings. The Balaban J connectivity index is 1.45. The van der Waals surface area contributed by atoms with Crippen LogP contribution in [0.4, 0.5) is 5.69 Å². The molecule has 0 radical (unpaired) electrons. The lowest BCUT2D eigenvalue weighted by Gasteiger charge is -2.14. The summed E-state index contributed by atoms with van der Waals surface area (Å²) in [5.41, 5.74) is 2.82. The number of hydrogen-bond donors (Lipinski definition) is 1. The Morgan fingerprint density at radius 3 is 1.96 bits per heavy atom. The van der Waals surface area contributed by atoms with Crippen molar-refractivity contribution in [1.82, 2.24) is 4.90 Å². The van der Waals surface area contributed by atoms with Crippen molar-refractivity contribution < 1.29 is 14.4 Å². The number of fused-ring (bicyclic) bond motifs is 1. The highest BCUT2D eigenvalue weighted by Gasteiger charge is 2.34. The normalized spacial score (nSPS) is 12.8. The third kappa shape index (κ3) is 3.46. The van der Waals surface area contributed by atoms with E-state index in [9.17, 15) is 14.4 Å². The number of carbonyl (C=O) groups is 3. The van der Waals surface area contributed by atoms with Gasteiger partial charge in [-0.2, -0.15) is 0 Å². The molecule has 138 valence electrons. The van der Waals surface area contributed by atoms with Gasteiger partial charge in [-0.3, -0.25) is 19.3 Å². The minimum atomic E-state index is -0.294. The smallest absolute Gasteiger partial charge is 0.261 e. The Bertz CT molecular complexity index is 1040. The zero-order chi connectivity index (χ0) is 19.7. The molecular formula is C22H15BrN2O3. The number of nitrogens with zero attached hydrogens (tertiary/aromatic N) is 1. The molecule has 1 heterocycles. The molecule has 0 saturated heterocycles. The maximum Gasteiger partial charge on any atom is 0.261 e. The van der Waals surface area contributed by atoms with Gasteiger partial charge in [-0.15, -0.1) is 0 Å². The first-order valence-corrected chi connectivity index (χ1v) is 9.43. The zero-order valence-electron chi connectivity index (χ0n) is 14.7. The summed E-state index contributed by atoms with van der Waals surface area (Å²) >= 11 is 3.35. The van der Waals surface area contributed by atoms with Crippen LogP contribution < -0.4 is 5.32 Å². The van der Waals surface area contributed by atoms with Crippen molar-refractivity contribution in [1.29, 1.82) is 0 Å². The van der Waals surface area contributed by atoms with Gasteiger partial charge in [-0.25, -0.2) is 0 Å². The predicted molar refractivity (Wildman–Crippen MR) is 109 cm³/mol. The van der Waals surface area contributed by atoms with Crippen LogP contribution in [0.1, 0.15) is 36.6 Å². The average Bonchev–Trinajstić information content (AvgIpc) is 2.95. The molecule has 1 N–H and O–H groups in total. The Hall–Kier alpha value is -3.25. The van der Waals surface area contributed by atoms with E-state index in [4.69, 9.17) is 0 Å². The van der Waals surface area contributed by atoms with Crippen molar-refractivity contribution in [3.05, 3.63) is 99.5 Å². The first kappa shape index (κ1) is 18.1. The highest BCUT2D eigenvalue weighted by atomic mass is 79.9. The van der Waals surface area contributed by atoms with Gasteiger partial charge in [0.05, 0.1) is 17.7 Å². The molecule has 4 rings (SSSR count).